The predicted molar refractivity (Wildman–Crippen MR) is 60.3 cm³/mol. The molecule has 3 heterocycles. The Labute approximate surface area is 94.1 Å². The van der Waals surface area contributed by atoms with Gasteiger partial charge in [0.2, 0.25) is 0 Å². The van der Waals surface area contributed by atoms with Gasteiger partial charge in [0.1, 0.15) is 6.33 Å². The molecule has 5 nitrogen and oxygen atoms in total. The van der Waals surface area contributed by atoms with Gasteiger partial charge in [-0.15, -0.1) is 0 Å². The summed E-state index contributed by atoms with van der Waals surface area (Å²) in [5, 5.41) is 7.88. The monoisotopic (exact) mass is 217 g/mol. The highest BCUT2D eigenvalue weighted by Crippen LogP contribution is 2.24. The quantitative estimate of drug-likeness (QED) is 0.817. The van der Waals surface area contributed by atoms with Crippen LogP contribution in [0, 0.1) is 0 Å². The molecule has 1 aliphatic heterocycles. The first-order chi connectivity index (χ1) is 7.84. The third kappa shape index (κ3) is 1.53. The zero-order valence-electron chi connectivity index (χ0n) is 9.30. The SMILES string of the molecule is Cn1ccc(-n2cncc2C2CCCN2)n1. The van der Waals surface area contributed by atoms with Crippen LogP contribution in [0.4, 0.5) is 0 Å². The molecule has 3 rings (SSSR count). The molecule has 0 amide bonds. The minimum absolute atomic E-state index is 0.421. The lowest BCUT2D eigenvalue weighted by atomic mass is 10.2. The number of hydrogen-bond acceptors (Lipinski definition) is 3. The lowest BCUT2D eigenvalue weighted by molar-refractivity contribution is 0.610. The molecule has 1 unspecified atom stereocenters. The van der Waals surface area contributed by atoms with Crippen molar-refractivity contribution in [2.45, 2.75) is 18.9 Å². The maximum Gasteiger partial charge on any atom is 0.160 e. The second-order valence-corrected chi connectivity index (χ2v) is 4.19. The van der Waals surface area contributed by atoms with Gasteiger partial charge in [0.25, 0.3) is 0 Å². The van der Waals surface area contributed by atoms with Crippen LogP contribution in [0.25, 0.3) is 5.82 Å². The van der Waals surface area contributed by atoms with Gasteiger partial charge in [0.15, 0.2) is 5.82 Å². The minimum Gasteiger partial charge on any atom is -0.309 e. The van der Waals surface area contributed by atoms with Crippen LogP contribution < -0.4 is 5.32 Å². The number of nitrogens with zero attached hydrogens (tertiary/aromatic N) is 4. The first-order valence-electron chi connectivity index (χ1n) is 5.60. The van der Waals surface area contributed by atoms with Crippen LogP contribution in [0.3, 0.4) is 0 Å². The second kappa shape index (κ2) is 3.75. The summed E-state index contributed by atoms with van der Waals surface area (Å²) in [7, 11) is 1.92. The molecular weight excluding hydrogens is 202 g/mol. The van der Waals surface area contributed by atoms with Crippen LogP contribution in [-0.2, 0) is 7.05 Å². The fraction of sp³-hybridized carbons (Fsp3) is 0.455. The van der Waals surface area contributed by atoms with Crippen LogP contribution >= 0.6 is 0 Å². The lowest BCUT2D eigenvalue weighted by Crippen LogP contribution is -2.16. The van der Waals surface area contributed by atoms with Crippen LogP contribution in [0.5, 0.6) is 0 Å². The van der Waals surface area contributed by atoms with E-state index in [4.69, 9.17) is 0 Å². The van der Waals surface area contributed by atoms with Gasteiger partial charge >= 0.3 is 0 Å². The van der Waals surface area contributed by atoms with Gasteiger partial charge in [0.05, 0.1) is 11.9 Å². The molecule has 0 aromatic carbocycles. The van der Waals surface area contributed by atoms with Crippen molar-refractivity contribution in [2.24, 2.45) is 7.05 Å². The van der Waals surface area contributed by atoms with E-state index in [0.29, 0.717) is 6.04 Å². The van der Waals surface area contributed by atoms with E-state index in [-0.39, 0.29) is 0 Å². The molecule has 5 heteroatoms. The average molecular weight is 217 g/mol. The number of aryl methyl sites for hydroxylation is 1. The number of aromatic nitrogens is 4. The van der Waals surface area contributed by atoms with E-state index in [1.807, 2.05) is 31.8 Å². The molecular formula is C11H15N5. The zero-order chi connectivity index (χ0) is 11.0. The minimum atomic E-state index is 0.421. The Morgan fingerprint density at radius 3 is 3.12 bits per heavy atom. The molecule has 0 bridgehead atoms. The molecule has 16 heavy (non-hydrogen) atoms. The van der Waals surface area contributed by atoms with Gasteiger partial charge in [-0.2, -0.15) is 5.10 Å². The maximum atomic E-state index is 4.40. The third-order valence-electron chi connectivity index (χ3n) is 3.03. The molecule has 2 aromatic heterocycles. The smallest absolute Gasteiger partial charge is 0.160 e. The Balaban J connectivity index is 1.98. The van der Waals surface area contributed by atoms with Crippen molar-refractivity contribution < 1.29 is 0 Å². The van der Waals surface area contributed by atoms with Crippen molar-refractivity contribution in [1.82, 2.24) is 24.6 Å². The molecule has 1 fully saturated rings. The summed E-state index contributed by atoms with van der Waals surface area (Å²) >= 11 is 0. The highest BCUT2D eigenvalue weighted by atomic mass is 15.3. The van der Waals surface area contributed by atoms with E-state index in [2.05, 4.69) is 20.0 Å². The van der Waals surface area contributed by atoms with Crippen molar-refractivity contribution in [2.75, 3.05) is 6.54 Å². The summed E-state index contributed by atoms with van der Waals surface area (Å²) in [6, 6.07) is 2.42. The van der Waals surface area contributed by atoms with Crippen molar-refractivity contribution in [3.63, 3.8) is 0 Å². The number of rotatable bonds is 2. The van der Waals surface area contributed by atoms with E-state index in [1.165, 1.54) is 18.5 Å². The molecule has 0 radical (unpaired) electrons. The van der Waals surface area contributed by atoms with Gasteiger partial charge < -0.3 is 5.32 Å². The normalized spacial score (nSPS) is 20.4. The summed E-state index contributed by atoms with van der Waals surface area (Å²) in [4.78, 5) is 4.23. The summed E-state index contributed by atoms with van der Waals surface area (Å²) in [5.74, 6) is 0.934. The first-order valence-corrected chi connectivity index (χ1v) is 5.60. The van der Waals surface area contributed by atoms with Crippen LogP contribution in [0.2, 0.25) is 0 Å². The molecule has 1 saturated heterocycles. The summed E-state index contributed by atoms with van der Waals surface area (Å²) in [6.07, 6.45) is 8.12. The fourth-order valence-electron chi connectivity index (χ4n) is 2.22. The largest absolute Gasteiger partial charge is 0.309 e. The lowest BCUT2D eigenvalue weighted by Gasteiger charge is -2.11. The van der Waals surface area contributed by atoms with E-state index in [9.17, 15) is 0 Å². The van der Waals surface area contributed by atoms with Crippen molar-refractivity contribution in [1.29, 1.82) is 0 Å². The van der Waals surface area contributed by atoms with Crippen molar-refractivity contribution in [3.8, 4) is 5.82 Å². The Morgan fingerprint density at radius 2 is 2.44 bits per heavy atom. The molecule has 1 N–H and O–H groups in total. The molecule has 0 saturated carbocycles. The van der Waals surface area contributed by atoms with E-state index in [1.54, 1.807) is 4.68 Å². The van der Waals surface area contributed by atoms with Gasteiger partial charge in [0, 0.05) is 25.4 Å². The Bertz CT molecular complexity index is 478. The number of nitrogens with one attached hydrogen (secondary N) is 1. The van der Waals surface area contributed by atoms with Gasteiger partial charge in [-0.25, -0.2) is 4.98 Å². The first kappa shape index (κ1) is 9.59. The molecule has 1 atom stereocenters. The summed E-state index contributed by atoms with van der Waals surface area (Å²) in [5.41, 5.74) is 1.20. The van der Waals surface area contributed by atoms with Gasteiger partial charge in [-0.3, -0.25) is 9.25 Å². The van der Waals surface area contributed by atoms with Crippen LogP contribution in [0.1, 0.15) is 24.6 Å². The van der Waals surface area contributed by atoms with Gasteiger partial charge in [-0.1, -0.05) is 0 Å². The predicted octanol–water partition coefficient (Wildman–Crippen LogP) is 1.03. The second-order valence-electron chi connectivity index (χ2n) is 4.19. The topological polar surface area (TPSA) is 47.7 Å². The highest BCUT2D eigenvalue weighted by molar-refractivity contribution is 5.25. The van der Waals surface area contributed by atoms with Crippen molar-refractivity contribution in [3.05, 3.63) is 30.5 Å². The fourth-order valence-corrected chi connectivity index (χ4v) is 2.22. The van der Waals surface area contributed by atoms with Crippen LogP contribution in [0.15, 0.2) is 24.8 Å². The Hall–Kier alpha value is -1.62. The number of imidazole rings is 1. The van der Waals surface area contributed by atoms with Crippen LogP contribution in [-0.4, -0.2) is 25.9 Å². The molecule has 2 aromatic rings. The zero-order valence-corrected chi connectivity index (χ0v) is 9.30. The molecule has 0 aliphatic carbocycles. The maximum absolute atomic E-state index is 4.40. The average Bonchev–Trinajstić information content (AvgIpc) is 2.96. The third-order valence-corrected chi connectivity index (χ3v) is 3.03. The summed E-state index contributed by atoms with van der Waals surface area (Å²) < 4.78 is 3.87. The van der Waals surface area contributed by atoms with Crippen molar-refractivity contribution >= 4 is 0 Å². The summed E-state index contributed by atoms with van der Waals surface area (Å²) in [6.45, 7) is 1.10. The van der Waals surface area contributed by atoms with Gasteiger partial charge in [-0.05, 0) is 19.4 Å². The van der Waals surface area contributed by atoms with E-state index >= 15 is 0 Å². The van der Waals surface area contributed by atoms with E-state index in [0.717, 1.165) is 12.4 Å². The standard InChI is InChI=1S/C11H15N5/c1-15-6-4-11(14-15)16-8-12-7-10(16)9-3-2-5-13-9/h4,6-9,13H,2-3,5H2,1H3. The Morgan fingerprint density at radius 1 is 1.50 bits per heavy atom. The highest BCUT2D eigenvalue weighted by Gasteiger charge is 2.20. The number of hydrogen-bond donors (Lipinski definition) is 1. The molecule has 1 aliphatic rings. The Kier molecular flexibility index (Phi) is 2.25. The van der Waals surface area contributed by atoms with E-state index < -0.39 is 0 Å². The molecule has 84 valence electrons. The molecule has 0 spiro atoms.